The van der Waals surface area contributed by atoms with Crippen molar-refractivity contribution < 1.29 is 37.4 Å². The van der Waals surface area contributed by atoms with Crippen molar-refractivity contribution in [1.29, 1.82) is 0 Å². The van der Waals surface area contributed by atoms with Crippen molar-refractivity contribution in [2.24, 2.45) is 0 Å². The van der Waals surface area contributed by atoms with Crippen LogP contribution in [-0.4, -0.2) is 60.8 Å². The Balaban J connectivity index is 1.78. The van der Waals surface area contributed by atoms with Gasteiger partial charge in [0.2, 0.25) is 5.91 Å². The van der Waals surface area contributed by atoms with E-state index in [2.05, 4.69) is 22.1 Å². The highest BCUT2D eigenvalue weighted by molar-refractivity contribution is 7.91. The number of hydrogen-bond acceptors (Lipinski definition) is 8. The lowest BCUT2D eigenvalue weighted by Gasteiger charge is -2.24. The summed E-state index contributed by atoms with van der Waals surface area (Å²) >= 11 is 0. The molecule has 0 radical (unpaired) electrons. The molecular weight excluding hydrogens is 598 g/mol. The average molecular weight is 634 g/mol. The van der Waals surface area contributed by atoms with E-state index >= 15 is 0 Å². The molecule has 0 bridgehead atoms. The van der Waals surface area contributed by atoms with Gasteiger partial charge in [0.05, 0.1) is 41.0 Å². The molecule has 11 nitrogen and oxygen atoms in total. The number of carbonyl (C=O) groups excluding carboxylic acids is 2. The van der Waals surface area contributed by atoms with Crippen LogP contribution in [-0.2, 0) is 24.2 Å². The zero-order valence-corrected chi connectivity index (χ0v) is 26.3. The summed E-state index contributed by atoms with van der Waals surface area (Å²) in [6, 6.07) is 12.5. The van der Waals surface area contributed by atoms with Gasteiger partial charge >= 0.3 is 12.1 Å². The van der Waals surface area contributed by atoms with Crippen LogP contribution in [0, 0.1) is 11.8 Å². The Morgan fingerprint density at radius 3 is 2.44 bits per heavy atom. The smallest absolute Gasteiger partial charge is 0.411 e. The van der Waals surface area contributed by atoms with Crippen LogP contribution < -0.4 is 10.1 Å². The number of ether oxygens (including phenoxy) is 2. The third-order valence-electron chi connectivity index (χ3n) is 7.47. The Morgan fingerprint density at radius 2 is 1.87 bits per heavy atom. The van der Waals surface area contributed by atoms with E-state index in [1.165, 1.54) is 12.1 Å². The average Bonchev–Trinajstić information content (AvgIpc) is 3.34. The lowest BCUT2D eigenvalue weighted by molar-refractivity contribution is -0.137. The van der Waals surface area contributed by atoms with Crippen molar-refractivity contribution >= 4 is 33.5 Å². The van der Waals surface area contributed by atoms with Gasteiger partial charge in [-0.1, -0.05) is 25.8 Å². The van der Waals surface area contributed by atoms with Gasteiger partial charge in [-0.15, -0.1) is 0 Å². The van der Waals surface area contributed by atoms with Crippen LogP contribution in [0.1, 0.15) is 74.4 Å². The zero-order valence-electron chi connectivity index (χ0n) is 25.5. The Bertz CT molecular complexity index is 1740. The molecule has 12 heteroatoms. The third kappa shape index (κ3) is 8.19. The summed E-state index contributed by atoms with van der Waals surface area (Å²) in [5, 5.41) is 11.8. The molecule has 1 aliphatic heterocycles. The number of carboxylic acid groups (broad SMARTS) is 1. The third-order valence-corrected chi connectivity index (χ3v) is 9.22. The maximum Gasteiger partial charge on any atom is 0.411 e. The first-order valence-electron chi connectivity index (χ1n) is 14.5. The quantitative estimate of drug-likeness (QED) is 0.275. The van der Waals surface area contributed by atoms with Crippen molar-refractivity contribution in [3.63, 3.8) is 0 Å². The van der Waals surface area contributed by atoms with E-state index in [1.807, 2.05) is 0 Å². The Hall–Kier alpha value is -4.89. The molecule has 4 rings (SSSR count). The molecule has 1 saturated heterocycles. The topological polar surface area (TPSA) is 152 Å². The molecule has 2 atom stereocenters. The van der Waals surface area contributed by atoms with Crippen LogP contribution in [0.25, 0.3) is 0 Å². The molecule has 1 aliphatic rings. The number of aromatic nitrogens is 1. The van der Waals surface area contributed by atoms with E-state index in [9.17, 15) is 22.8 Å². The fraction of sp³-hybridized carbons (Fsp3) is 0.333. The number of carbonyl (C=O) groups is 3. The van der Waals surface area contributed by atoms with Crippen LogP contribution in [0.3, 0.4) is 0 Å². The zero-order chi connectivity index (χ0) is 32.7. The van der Waals surface area contributed by atoms with Gasteiger partial charge in [0.25, 0.3) is 0 Å². The van der Waals surface area contributed by atoms with E-state index in [4.69, 9.17) is 14.6 Å². The minimum atomic E-state index is -3.40. The second-order valence-corrected chi connectivity index (χ2v) is 12.8. The highest BCUT2D eigenvalue weighted by Crippen LogP contribution is 2.41. The van der Waals surface area contributed by atoms with Crippen LogP contribution in [0.5, 0.6) is 11.5 Å². The van der Waals surface area contributed by atoms with Gasteiger partial charge in [0.1, 0.15) is 17.2 Å². The van der Waals surface area contributed by atoms with E-state index < -0.39 is 21.9 Å². The van der Waals surface area contributed by atoms with E-state index in [1.54, 1.807) is 75.3 Å². The highest BCUT2D eigenvalue weighted by atomic mass is 32.2. The van der Waals surface area contributed by atoms with E-state index in [0.29, 0.717) is 46.8 Å². The summed E-state index contributed by atoms with van der Waals surface area (Å²) in [5.41, 5.74) is 2.53. The second-order valence-electron chi connectivity index (χ2n) is 10.5. The van der Waals surface area contributed by atoms with Crippen molar-refractivity contribution in [2.75, 3.05) is 24.7 Å². The first-order valence-corrected chi connectivity index (χ1v) is 16.1. The predicted octanol–water partition coefficient (Wildman–Crippen LogP) is 5.51. The number of nitrogens with one attached hydrogen (secondary N) is 1. The molecule has 236 valence electrons. The molecule has 2 N–H and O–H groups in total. The van der Waals surface area contributed by atoms with Gasteiger partial charge in [-0.25, -0.2) is 18.2 Å². The number of benzene rings is 2. The van der Waals surface area contributed by atoms with Crippen LogP contribution in [0.2, 0.25) is 0 Å². The summed E-state index contributed by atoms with van der Waals surface area (Å²) in [6.07, 6.45) is 1.75. The van der Waals surface area contributed by atoms with Gasteiger partial charge in [0, 0.05) is 25.2 Å². The van der Waals surface area contributed by atoms with Gasteiger partial charge in [0.15, 0.2) is 9.84 Å². The summed E-state index contributed by atoms with van der Waals surface area (Å²) in [6.45, 7) is 5.22. The number of carboxylic acids is 1. The first kappa shape index (κ1) is 33.0. The number of pyridine rings is 1. The summed E-state index contributed by atoms with van der Waals surface area (Å²) in [7, 11) is -1.70. The number of hydrogen-bond donors (Lipinski definition) is 2. The van der Waals surface area contributed by atoms with Gasteiger partial charge in [-0.2, -0.15) is 0 Å². The lowest BCUT2D eigenvalue weighted by Crippen LogP contribution is -2.23. The maximum absolute atomic E-state index is 12.5. The minimum Gasteiger partial charge on any atom is -0.481 e. The van der Waals surface area contributed by atoms with Crippen LogP contribution >= 0.6 is 0 Å². The summed E-state index contributed by atoms with van der Waals surface area (Å²) in [4.78, 5) is 42.2. The number of amides is 2. The number of likely N-dealkylation sites (tertiary alicyclic amines) is 1. The molecule has 1 aromatic heterocycles. The fourth-order valence-electron chi connectivity index (χ4n) is 4.89. The Morgan fingerprint density at radius 1 is 1.13 bits per heavy atom. The molecule has 2 amide bonds. The number of anilines is 1. The van der Waals surface area contributed by atoms with Crippen molar-refractivity contribution in [2.45, 2.75) is 56.9 Å². The monoisotopic (exact) mass is 633 g/mol. The summed E-state index contributed by atoms with van der Waals surface area (Å²) < 4.78 is 36.0. The van der Waals surface area contributed by atoms with Crippen molar-refractivity contribution in [1.82, 2.24) is 9.88 Å². The van der Waals surface area contributed by atoms with E-state index in [-0.39, 0.29) is 41.5 Å². The lowest BCUT2D eigenvalue weighted by atomic mass is 9.99. The predicted molar refractivity (Wildman–Crippen MR) is 167 cm³/mol. The normalized spacial score (nSPS) is 15.2. The van der Waals surface area contributed by atoms with E-state index in [0.717, 1.165) is 5.56 Å². The molecule has 0 aliphatic carbocycles. The largest absolute Gasteiger partial charge is 0.481 e. The highest BCUT2D eigenvalue weighted by Gasteiger charge is 2.32. The molecule has 0 saturated carbocycles. The molecule has 45 heavy (non-hydrogen) atoms. The van der Waals surface area contributed by atoms with Gasteiger partial charge in [-0.3, -0.25) is 14.9 Å². The van der Waals surface area contributed by atoms with Gasteiger partial charge in [-0.05, 0) is 73.2 Å². The number of nitrogens with zero attached hydrogens (tertiary/aromatic N) is 2. The number of sulfone groups is 1. The molecule has 2 aromatic carbocycles. The molecule has 1 fully saturated rings. The fourth-order valence-corrected chi connectivity index (χ4v) is 5.77. The standard InChI is InChI=1S/C33H35N3O8S/c1-5-43-33(40)35-28-19-27(29-15-16-31(37)36(29)4)30(44-25-11-13-26(14-12-25)45(41,42)6-2)18-22(28)7-9-24-10-8-23(20-34-24)21(3)17-32(38)39/h8,10-14,18-21,29H,5-6,15-17H2,1-4H3,(H,35,40)(H,38,39). The van der Waals surface area contributed by atoms with Crippen LogP contribution in [0.4, 0.5) is 10.5 Å². The molecule has 2 unspecified atom stereocenters. The van der Waals surface area contributed by atoms with Crippen molar-refractivity contribution in [3.05, 3.63) is 77.1 Å². The molecular formula is C33H35N3O8S. The maximum atomic E-state index is 12.5. The van der Waals surface area contributed by atoms with Gasteiger partial charge < -0.3 is 19.5 Å². The number of rotatable bonds is 10. The molecule has 3 aromatic rings. The minimum absolute atomic E-state index is 0.0242. The second kappa shape index (κ2) is 14.3. The Kier molecular flexibility index (Phi) is 10.5. The number of aliphatic carboxylic acids is 1. The Labute approximate surface area is 262 Å². The molecule has 2 heterocycles. The first-order chi connectivity index (χ1) is 21.4. The summed E-state index contributed by atoms with van der Waals surface area (Å²) in [5.74, 6) is 5.59. The van der Waals surface area contributed by atoms with Crippen molar-refractivity contribution in [3.8, 4) is 23.3 Å². The van der Waals surface area contributed by atoms with Crippen LogP contribution in [0.15, 0.2) is 59.6 Å². The SMILES string of the molecule is CCOC(=O)Nc1cc(C2CCC(=O)N2C)c(Oc2ccc(S(=O)(=O)CC)cc2)cc1C#Cc1ccc(C(C)CC(=O)O)cn1. The molecule has 0 spiro atoms.